The van der Waals surface area contributed by atoms with Crippen LogP contribution in [0.5, 0.6) is 11.5 Å². The first-order valence-corrected chi connectivity index (χ1v) is 21.7. The summed E-state index contributed by atoms with van der Waals surface area (Å²) >= 11 is 0. The maximum Gasteiger partial charge on any atom is 0.207 e. The van der Waals surface area contributed by atoms with Crippen molar-refractivity contribution in [1.29, 1.82) is 0 Å². The molecule has 0 radical (unpaired) electrons. The van der Waals surface area contributed by atoms with Crippen LogP contribution >= 0.6 is 0 Å². The van der Waals surface area contributed by atoms with Crippen molar-refractivity contribution in [3.05, 3.63) is 109 Å². The first-order chi connectivity index (χ1) is 27.8. The number of ether oxygens (including phenoxy) is 4. The topological polar surface area (TPSA) is 73.8 Å². The van der Waals surface area contributed by atoms with E-state index in [1.807, 2.05) is 81.5 Å². The average Bonchev–Trinajstić information content (AvgIpc) is 3.24. The largest absolute Gasteiger partial charge is 0.458 e. The zero-order valence-electron chi connectivity index (χ0n) is 34.0. The van der Waals surface area contributed by atoms with Gasteiger partial charge in [-0.3, -0.25) is 0 Å². The summed E-state index contributed by atoms with van der Waals surface area (Å²) < 4.78 is 25.3. The molecule has 304 valence electrons. The van der Waals surface area contributed by atoms with Gasteiger partial charge in [-0.25, -0.2) is 9.78 Å². The summed E-state index contributed by atoms with van der Waals surface area (Å²) in [6.07, 6.45) is 17.2. The Morgan fingerprint density at radius 3 is 1.30 bits per heavy atom. The highest BCUT2D eigenvalue weighted by Gasteiger charge is 2.63. The molecule has 12 rings (SSSR count). The minimum Gasteiger partial charge on any atom is -0.458 e. The van der Waals surface area contributed by atoms with Gasteiger partial charge in [-0.1, -0.05) is 57.8 Å². The molecule has 10 fully saturated rings. The number of allylic oxidation sites excluding steroid dienone is 3. The van der Waals surface area contributed by atoms with E-state index < -0.39 is 11.6 Å². The van der Waals surface area contributed by atoms with Gasteiger partial charge in [0.25, 0.3) is 0 Å². The van der Waals surface area contributed by atoms with Crippen LogP contribution in [0.15, 0.2) is 98.0 Å². The number of hydrogen-bond acceptors (Lipinski definition) is 8. The zero-order chi connectivity index (χ0) is 39.3. The maximum absolute atomic E-state index is 6.56. The average molecular weight is 777 g/mol. The third-order valence-corrected chi connectivity index (χ3v) is 14.5. The van der Waals surface area contributed by atoms with Crippen LogP contribution < -0.4 is 9.47 Å². The van der Waals surface area contributed by atoms with Gasteiger partial charge >= 0.3 is 0 Å². The van der Waals surface area contributed by atoms with E-state index in [1.54, 1.807) is 6.08 Å². The molecule has 8 bridgehead atoms. The molecule has 8 saturated carbocycles. The quantitative estimate of drug-likeness (QED) is 0.134. The molecule has 0 N–H and O–H groups in total. The van der Waals surface area contributed by atoms with Crippen LogP contribution in [0.1, 0.15) is 96.1 Å². The fraction of sp³-hybridized carbons (Fsp3) is 0.551. The first-order valence-electron chi connectivity index (χ1n) is 21.7. The minimum atomic E-state index is -0.567. The molecular formula is C49H60O8. The van der Waals surface area contributed by atoms with Crippen molar-refractivity contribution in [3.8, 4) is 11.5 Å². The van der Waals surface area contributed by atoms with E-state index in [0.717, 1.165) is 45.9 Å². The van der Waals surface area contributed by atoms with Crippen molar-refractivity contribution in [3.63, 3.8) is 0 Å². The van der Waals surface area contributed by atoms with Crippen molar-refractivity contribution >= 4 is 11.1 Å². The lowest BCUT2D eigenvalue weighted by Crippen LogP contribution is -2.63. The van der Waals surface area contributed by atoms with Gasteiger partial charge in [-0.15, -0.1) is 0 Å². The highest BCUT2D eigenvalue weighted by atomic mass is 17.2. The Morgan fingerprint density at radius 1 is 0.561 bits per heavy atom. The third kappa shape index (κ3) is 7.29. The monoisotopic (exact) mass is 776 g/mol. The van der Waals surface area contributed by atoms with Gasteiger partial charge < -0.3 is 18.9 Å². The van der Waals surface area contributed by atoms with Gasteiger partial charge in [0.05, 0.1) is 13.2 Å². The Labute approximate surface area is 338 Å². The second-order valence-electron chi connectivity index (χ2n) is 17.8. The van der Waals surface area contributed by atoms with Crippen molar-refractivity contribution in [2.75, 3.05) is 13.2 Å². The molecule has 57 heavy (non-hydrogen) atoms. The molecule has 2 saturated heterocycles. The molecule has 0 amide bonds. The summed E-state index contributed by atoms with van der Waals surface area (Å²) in [6, 6.07) is 15.6. The summed E-state index contributed by atoms with van der Waals surface area (Å²) in [4.78, 5) is 24.4. The Hall–Kier alpha value is -3.50. The summed E-state index contributed by atoms with van der Waals surface area (Å²) in [6.45, 7) is 19.6. The second kappa shape index (κ2) is 15.9. The minimum absolute atomic E-state index is 0.348. The van der Waals surface area contributed by atoms with Gasteiger partial charge in [0.2, 0.25) is 11.6 Å². The molecule has 0 aromatic heterocycles. The summed E-state index contributed by atoms with van der Waals surface area (Å²) in [5, 5.41) is 0. The Bertz CT molecular complexity index is 1800. The van der Waals surface area contributed by atoms with Crippen molar-refractivity contribution < 1.29 is 38.5 Å². The predicted octanol–water partition coefficient (Wildman–Crippen LogP) is 11.2. The molecule has 2 aliphatic heterocycles. The molecule has 2 spiro atoms. The Balaban J connectivity index is 0.00000208. The van der Waals surface area contributed by atoms with E-state index in [1.165, 1.54) is 64.2 Å². The van der Waals surface area contributed by atoms with Crippen LogP contribution in [0, 0.1) is 47.3 Å². The molecule has 2 aromatic rings. The number of rotatable bonds is 10. The van der Waals surface area contributed by atoms with Crippen molar-refractivity contribution in [2.24, 2.45) is 47.3 Å². The van der Waals surface area contributed by atoms with E-state index in [4.69, 9.17) is 38.5 Å². The highest BCUT2D eigenvalue weighted by Crippen LogP contribution is 2.62. The normalized spacial score (nSPS) is 38.6. The second-order valence-corrected chi connectivity index (χ2v) is 17.8. The molecule has 2 unspecified atom stereocenters. The number of benzene rings is 2. The van der Waals surface area contributed by atoms with E-state index in [9.17, 15) is 0 Å². The molecule has 8 nitrogen and oxygen atoms in total. The summed E-state index contributed by atoms with van der Waals surface area (Å²) in [5.41, 5.74) is 3.56. The van der Waals surface area contributed by atoms with Gasteiger partial charge in [0, 0.05) is 23.7 Å². The fourth-order valence-electron chi connectivity index (χ4n) is 12.1. The lowest BCUT2D eigenvalue weighted by Gasteiger charge is -2.60. The summed E-state index contributed by atoms with van der Waals surface area (Å²) in [5.74, 6) is 6.49. The van der Waals surface area contributed by atoms with Crippen LogP contribution in [-0.4, -0.2) is 37.0 Å². The van der Waals surface area contributed by atoms with E-state index in [0.29, 0.717) is 59.9 Å². The van der Waals surface area contributed by atoms with E-state index in [-0.39, 0.29) is 12.2 Å². The van der Waals surface area contributed by atoms with E-state index >= 15 is 0 Å². The third-order valence-electron chi connectivity index (χ3n) is 14.5. The van der Waals surface area contributed by atoms with Crippen molar-refractivity contribution in [1.82, 2.24) is 0 Å². The molecule has 8 aliphatic carbocycles. The summed E-state index contributed by atoms with van der Waals surface area (Å²) in [7, 11) is 0. The van der Waals surface area contributed by atoms with Crippen LogP contribution in [0.4, 0.5) is 0 Å². The van der Waals surface area contributed by atoms with Gasteiger partial charge in [-0.05, 0) is 160 Å². The first kappa shape index (κ1) is 39.0. The maximum atomic E-state index is 6.56. The smallest absolute Gasteiger partial charge is 0.207 e. The van der Waals surface area contributed by atoms with E-state index in [2.05, 4.69) is 19.7 Å². The Morgan fingerprint density at radius 2 is 0.947 bits per heavy atom. The molecule has 2 atom stereocenters. The molecule has 8 heteroatoms. The molecule has 10 aliphatic rings. The standard InChI is InChI=1S/C47H54O8.C2H6/c1-5-41(51-43-14-9-36(10-15-43)30(4)45-27-49-47(55-53-45)39-22-33-17-34(24-39)25-40(47)23-33)11-6-28(2)50-42-12-7-35(8-13-42)29(3)44-26-48-46(54-52-44)37-18-31-16-32(20-37)21-38(46)19-31;1-2/h5-15,31-34,37-40,44-45H,2-4,16-27H2,1H3;1-2H3/b11-6-,41-5+;. The zero-order valence-corrected chi connectivity index (χ0v) is 34.0. The van der Waals surface area contributed by atoms with Gasteiger partial charge in [-0.2, -0.15) is 9.78 Å². The lowest BCUT2D eigenvalue weighted by molar-refractivity contribution is -0.517. The van der Waals surface area contributed by atoms with Crippen LogP contribution in [0.2, 0.25) is 0 Å². The van der Waals surface area contributed by atoms with Crippen LogP contribution in [-0.2, 0) is 29.0 Å². The van der Waals surface area contributed by atoms with Gasteiger partial charge in [0.1, 0.15) is 35.2 Å². The Kier molecular flexibility index (Phi) is 10.9. The molecule has 2 aromatic carbocycles. The van der Waals surface area contributed by atoms with Crippen molar-refractivity contribution in [2.45, 2.75) is 109 Å². The lowest BCUT2D eigenvalue weighted by atomic mass is 9.53. The van der Waals surface area contributed by atoms with Gasteiger partial charge in [0.15, 0.2) is 0 Å². The molecular weight excluding hydrogens is 717 g/mol. The fourth-order valence-corrected chi connectivity index (χ4v) is 12.1. The SMILES string of the molecule is C=C(/C=C\C(=C/C)Oc1ccc(C(=C)C2COC3(OO2)C2CC4CC(C2)CC3C4)cc1)Oc1ccc(C(=C)C2COC3(OO2)C2CC4CC(C2)CC3C4)cc1.CC. The predicted molar refractivity (Wildman–Crippen MR) is 219 cm³/mol. The highest BCUT2D eigenvalue weighted by molar-refractivity contribution is 5.68. The molecule has 2 heterocycles. The van der Waals surface area contributed by atoms with Crippen LogP contribution in [0.25, 0.3) is 11.1 Å². The van der Waals surface area contributed by atoms with Crippen LogP contribution in [0.3, 0.4) is 0 Å². The number of hydrogen-bond donors (Lipinski definition) is 0.